The Balaban J connectivity index is 1.44. The Morgan fingerprint density at radius 1 is 1.29 bits per heavy atom. The summed E-state index contributed by atoms with van der Waals surface area (Å²) in [5, 5.41) is 6.18. The Morgan fingerprint density at radius 3 is 2.89 bits per heavy atom. The third kappa shape index (κ3) is 3.90. The average Bonchev–Trinajstić information content (AvgIpc) is 3.15. The Labute approximate surface area is 171 Å². The quantitative estimate of drug-likeness (QED) is 0.753. The summed E-state index contributed by atoms with van der Waals surface area (Å²) in [4.78, 5) is 19.1. The first-order valence-electron chi connectivity index (χ1n) is 10.6. The normalized spacial score (nSPS) is 20.8. The standard InChI is InChI=1S/C22H31N3O2S/c1-4-17-6-5-9-25(11-7-17)22(26)20-14-28-21-13-24(10-8-18(20)21)12-19-15(2)23-27-16(19)3/h14,17H,4-13H2,1-3H3. The van der Waals surface area contributed by atoms with E-state index in [-0.39, 0.29) is 5.91 Å². The highest BCUT2D eigenvalue weighted by Crippen LogP contribution is 2.31. The lowest BCUT2D eigenvalue weighted by atomic mass is 9.98. The average molecular weight is 402 g/mol. The molecule has 1 atom stereocenters. The van der Waals surface area contributed by atoms with Crippen LogP contribution >= 0.6 is 11.3 Å². The SMILES string of the molecule is CCC1CCCN(C(=O)c2csc3c2CCN(Cc2c(C)noc2C)C3)CC1. The lowest BCUT2D eigenvalue weighted by molar-refractivity contribution is 0.0758. The molecule has 2 aliphatic rings. The predicted octanol–water partition coefficient (Wildman–Crippen LogP) is 4.56. The van der Waals surface area contributed by atoms with Crippen LogP contribution in [0.5, 0.6) is 0 Å². The van der Waals surface area contributed by atoms with Crippen LogP contribution in [-0.2, 0) is 19.5 Å². The molecular weight excluding hydrogens is 370 g/mol. The second kappa shape index (κ2) is 8.37. The Bertz CT molecular complexity index is 821. The van der Waals surface area contributed by atoms with Crippen molar-refractivity contribution < 1.29 is 9.32 Å². The number of carbonyl (C=O) groups excluding carboxylic acids is 1. The summed E-state index contributed by atoms with van der Waals surface area (Å²) in [6, 6.07) is 0. The fourth-order valence-electron chi connectivity index (χ4n) is 4.59. The van der Waals surface area contributed by atoms with Crippen molar-refractivity contribution in [2.24, 2.45) is 5.92 Å². The zero-order valence-electron chi connectivity index (χ0n) is 17.3. The van der Waals surface area contributed by atoms with Gasteiger partial charge in [0, 0.05) is 48.5 Å². The third-order valence-corrected chi connectivity index (χ3v) is 7.55. The van der Waals surface area contributed by atoms with E-state index in [1.54, 1.807) is 11.3 Å². The molecule has 0 aromatic carbocycles. The van der Waals surface area contributed by atoms with Crippen LogP contribution in [0.3, 0.4) is 0 Å². The first-order chi connectivity index (χ1) is 13.6. The monoisotopic (exact) mass is 401 g/mol. The van der Waals surface area contributed by atoms with Crippen LogP contribution < -0.4 is 0 Å². The van der Waals surface area contributed by atoms with E-state index in [4.69, 9.17) is 4.52 Å². The molecule has 2 aliphatic heterocycles. The summed E-state index contributed by atoms with van der Waals surface area (Å²) in [6.45, 7) is 10.8. The van der Waals surface area contributed by atoms with Crippen LogP contribution in [0.1, 0.15) is 70.4 Å². The number of carbonyl (C=O) groups is 1. The van der Waals surface area contributed by atoms with Gasteiger partial charge in [-0.2, -0.15) is 0 Å². The van der Waals surface area contributed by atoms with Gasteiger partial charge in [-0.05, 0) is 51.0 Å². The summed E-state index contributed by atoms with van der Waals surface area (Å²) in [5.74, 6) is 1.96. The third-order valence-electron chi connectivity index (χ3n) is 6.53. The first kappa shape index (κ1) is 19.6. The maximum atomic E-state index is 13.2. The van der Waals surface area contributed by atoms with Crippen molar-refractivity contribution >= 4 is 17.2 Å². The van der Waals surface area contributed by atoms with Gasteiger partial charge in [0.15, 0.2) is 0 Å². The van der Waals surface area contributed by atoms with Gasteiger partial charge in [-0.15, -0.1) is 11.3 Å². The maximum Gasteiger partial charge on any atom is 0.254 e. The maximum absolute atomic E-state index is 13.2. The molecule has 0 N–H and O–H groups in total. The minimum absolute atomic E-state index is 0.258. The lowest BCUT2D eigenvalue weighted by Gasteiger charge is -2.28. The van der Waals surface area contributed by atoms with E-state index in [0.29, 0.717) is 0 Å². The highest BCUT2D eigenvalue weighted by Gasteiger charge is 2.28. The Hall–Kier alpha value is -1.66. The number of hydrogen-bond acceptors (Lipinski definition) is 5. The van der Waals surface area contributed by atoms with Crippen LogP contribution in [0, 0.1) is 19.8 Å². The summed E-state index contributed by atoms with van der Waals surface area (Å²) >= 11 is 1.75. The molecule has 2 aromatic rings. The van der Waals surface area contributed by atoms with Gasteiger partial charge in [-0.3, -0.25) is 9.69 Å². The van der Waals surface area contributed by atoms with Crippen molar-refractivity contribution in [1.82, 2.24) is 15.0 Å². The fraction of sp³-hybridized carbons (Fsp3) is 0.636. The molecule has 2 aromatic heterocycles. The van der Waals surface area contributed by atoms with E-state index in [2.05, 4.69) is 27.3 Å². The number of nitrogens with zero attached hydrogens (tertiary/aromatic N) is 3. The van der Waals surface area contributed by atoms with E-state index < -0.39 is 0 Å². The molecular formula is C22H31N3O2S. The topological polar surface area (TPSA) is 49.6 Å². The molecule has 0 saturated carbocycles. The highest BCUT2D eigenvalue weighted by atomic mass is 32.1. The van der Waals surface area contributed by atoms with E-state index in [9.17, 15) is 4.79 Å². The summed E-state index contributed by atoms with van der Waals surface area (Å²) in [6.07, 6.45) is 5.74. The van der Waals surface area contributed by atoms with Gasteiger partial charge in [0.25, 0.3) is 5.91 Å². The molecule has 0 bridgehead atoms. The van der Waals surface area contributed by atoms with E-state index in [1.165, 1.54) is 28.8 Å². The van der Waals surface area contributed by atoms with Crippen LogP contribution in [0.4, 0.5) is 0 Å². The van der Waals surface area contributed by atoms with E-state index >= 15 is 0 Å². The van der Waals surface area contributed by atoms with Crippen molar-refractivity contribution in [3.63, 3.8) is 0 Å². The van der Waals surface area contributed by atoms with Crippen molar-refractivity contribution in [2.45, 2.75) is 66.0 Å². The van der Waals surface area contributed by atoms with E-state index in [1.807, 2.05) is 13.8 Å². The highest BCUT2D eigenvalue weighted by molar-refractivity contribution is 7.10. The van der Waals surface area contributed by atoms with Crippen LogP contribution in [0.15, 0.2) is 9.90 Å². The van der Waals surface area contributed by atoms with Crippen LogP contribution in [-0.4, -0.2) is 40.5 Å². The summed E-state index contributed by atoms with van der Waals surface area (Å²) < 4.78 is 5.31. The minimum atomic E-state index is 0.258. The molecule has 152 valence electrons. The van der Waals surface area contributed by atoms with Gasteiger partial charge in [0.2, 0.25) is 0 Å². The van der Waals surface area contributed by atoms with E-state index in [0.717, 1.165) is 74.9 Å². The van der Waals surface area contributed by atoms with Crippen LogP contribution in [0.25, 0.3) is 0 Å². The van der Waals surface area contributed by atoms with Crippen molar-refractivity contribution in [3.05, 3.63) is 38.4 Å². The van der Waals surface area contributed by atoms with Gasteiger partial charge in [-0.25, -0.2) is 0 Å². The number of thiophene rings is 1. The van der Waals surface area contributed by atoms with Gasteiger partial charge >= 0.3 is 0 Å². The number of fused-ring (bicyclic) bond motifs is 1. The van der Waals surface area contributed by atoms with Crippen molar-refractivity contribution in [1.29, 1.82) is 0 Å². The van der Waals surface area contributed by atoms with Gasteiger partial charge in [-0.1, -0.05) is 18.5 Å². The Kier molecular flexibility index (Phi) is 5.88. The number of aromatic nitrogens is 1. The zero-order valence-corrected chi connectivity index (χ0v) is 18.1. The number of hydrogen-bond donors (Lipinski definition) is 0. The van der Waals surface area contributed by atoms with Crippen molar-refractivity contribution in [2.75, 3.05) is 19.6 Å². The molecule has 0 radical (unpaired) electrons. The molecule has 1 unspecified atom stereocenters. The van der Waals surface area contributed by atoms with Crippen LogP contribution in [0.2, 0.25) is 0 Å². The molecule has 5 nitrogen and oxygen atoms in total. The minimum Gasteiger partial charge on any atom is -0.361 e. The van der Waals surface area contributed by atoms with Gasteiger partial charge < -0.3 is 9.42 Å². The van der Waals surface area contributed by atoms with Crippen molar-refractivity contribution in [3.8, 4) is 0 Å². The molecule has 0 aliphatic carbocycles. The summed E-state index contributed by atoms with van der Waals surface area (Å²) in [7, 11) is 0. The molecule has 1 fully saturated rings. The first-order valence-corrected chi connectivity index (χ1v) is 11.5. The molecule has 1 amide bonds. The smallest absolute Gasteiger partial charge is 0.254 e. The number of amides is 1. The molecule has 0 spiro atoms. The number of rotatable bonds is 4. The molecule has 1 saturated heterocycles. The second-order valence-electron chi connectivity index (χ2n) is 8.31. The lowest BCUT2D eigenvalue weighted by Crippen LogP contribution is -2.34. The number of aryl methyl sites for hydroxylation is 2. The molecule has 4 heterocycles. The largest absolute Gasteiger partial charge is 0.361 e. The molecule has 4 rings (SSSR count). The number of likely N-dealkylation sites (tertiary alicyclic amines) is 1. The van der Waals surface area contributed by atoms with Gasteiger partial charge in [0.1, 0.15) is 5.76 Å². The fourth-order valence-corrected chi connectivity index (χ4v) is 5.71. The Morgan fingerprint density at radius 2 is 2.14 bits per heavy atom. The molecule has 6 heteroatoms. The molecule has 28 heavy (non-hydrogen) atoms. The predicted molar refractivity (Wildman–Crippen MR) is 112 cm³/mol. The second-order valence-corrected chi connectivity index (χ2v) is 9.28. The zero-order chi connectivity index (χ0) is 19.7. The summed E-state index contributed by atoms with van der Waals surface area (Å²) in [5.41, 5.74) is 4.44. The van der Waals surface area contributed by atoms with Gasteiger partial charge in [0.05, 0.1) is 11.3 Å².